The molecule has 0 N–H and O–H groups in total. The van der Waals surface area contributed by atoms with Gasteiger partial charge in [0.1, 0.15) is 5.82 Å². The number of carbonyl (C=O) groups is 2. The van der Waals surface area contributed by atoms with Gasteiger partial charge in [-0.3, -0.25) is 4.79 Å². The van der Waals surface area contributed by atoms with E-state index in [4.69, 9.17) is 16.3 Å². The van der Waals surface area contributed by atoms with E-state index in [9.17, 15) is 14.0 Å². The van der Waals surface area contributed by atoms with Gasteiger partial charge in [-0.15, -0.1) is 0 Å². The van der Waals surface area contributed by atoms with E-state index in [1.54, 1.807) is 24.3 Å². The highest BCUT2D eigenvalue weighted by molar-refractivity contribution is 9.10. The zero-order chi connectivity index (χ0) is 16.3. The molecule has 0 bridgehead atoms. The standard InChI is InChI=1S/C16H11BrClFO3/c1-9(15(20)10-2-4-11(17)5-3-10)22-16(21)13-7-6-12(19)8-14(13)18/h2-9H,1H3. The van der Waals surface area contributed by atoms with Gasteiger partial charge in [-0.2, -0.15) is 0 Å². The van der Waals surface area contributed by atoms with Crippen molar-refractivity contribution in [3.05, 3.63) is 68.9 Å². The van der Waals surface area contributed by atoms with Crippen molar-refractivity contribution < 1.29 is 18.7 Å². The highest BCUT2D eigenvalue weighted by Crippen LogP contribution is 2.19. The van der Waals surface area contributed by atoms with Gasteiger partial charge in [0.25, 0.3) is 0 Å². The Kier molecular flexibility index (Phi) is 5.32. The van der Waals surface area contributed by atoms with E-state index in [0.717, 1.165) is 16.6 Å². The average molecular weight is 386 g/mol. The van der Waals surface area contributed by atoms with Gasteiger partial charge >= 0.3 is 5.97 Å². The maximum Gasteiger partial charge on any atom is 0.340 e. The highest BCUT2D eigenvalue weighted by Gasteiger charge is 2.21. The molecule has 0 aliphatic heterocycles. The van der Waals surface area contributed by atoms with Crippen LogP contribution in [-0.2, 0) is 4.74 Å². The van der Waals surface area contributed by atoms with Crippen LogP contribution in [0.3, 0.4) is 0 Å². The van der Waals surface area contributed by atoms with Crippen molar-refractivity contribution in [3.8, 4) is 0 Å². The van der Waals surface area contributed by atoms with Crippen molar-refractivity contribution in [1.82, 2.24) is 0 Å². The maximum absolute atomic E-state index is 13.0. The summed E-state index contributed by atoms with van der Waals surface area (Å²) in [6.07, 6.45) is -0.977. The van der Waals surface area contributed by atoms with E-state index in [2.05, 4.69) is 15.9 Å². The molecule has 2 aromatic carbocycles. The Morgan fingerprint density at radius 3 is 2.41 bits per heavy atom. The largest absolute Gasteiger partial charge is 0.451 e. The third-order valence-corrected chi connectivity index (χ3v) is 3.77. The monoisotopic (exact) mass is 384 g/mol. The molecule has 1 atom stereocenters. The lowest BCUT2D eigenvalue weighted by atomic mass is 10.1. The third kappa shape index (κ3) is 3.93. The SMILES string of the molecule is CC(OC(=O)c1ccc(F)cc1Cl)C(=O)c1ccc(Br)cc1. The third-order valence-electron chi connectivity index (χ3n) is 2.93. The number of ether oxygens (including phenoxy) is 1. The van der Waals surface area contributed by atoms with Gasteiger partial charge in [0.15, 0.2) is 6.10 Å². The van der Waals surface area contributed by atoms with Crippen LogP contribution in [0.15, 0.2) is 46.9 Å². The number of benzene rings is 2. The summed E-state index contributed by atoms with van der Waals surface area (Å²) < 4.78 is 18.9. The molecule has 0 aromatic heterocycles. The van der Waals surface area contributed by atoms with Gasteiger partial charge in [0.2, 0.25) is 5.78 Å². The minimum atomic E-state index is -0.977. The zero-order valence-corrected chi connectivity index (χ0v) is 13.8. The second kappa shape index (κ2) is 7.03. The summed E-state index contributed by atoms with van der Waals surface area (Å²) in [7, 11) is 0. The van der Waals surface area contributed by atoms with Crippen molar-refractivity contribution >= 4 is 39.3 Å². The van der Waals surface area contributed by atoms with Crippen molar-refractivity contribution in [2.75, 3.05) is 0 Å². The lowest BCUT2D eigenvalue weighted by molar-refractivity contribution is 0.0319. The summed E-state index contributed by atoms with van der Waals surface area (Å²) in [5, 5.41) is -0.0618. The molecule has 3 nitrogen and oxygen atoms in total. The van der Waals surface area contributed by atoms with Crippen LogP contribution in [0.25, 0.3) is 0 Å². The molecule has 6 heteroatoms. The highest BCUT2D eigenvalue weighted by atomic mass is 79.9. The van der Waals surface area contributed by atoms with Crippen LogP contribution in [0.5, 0.6) is 0 Å². The maximum atomic E-state index is 13.0. The number of halogens is 3. The number of rotatable bonds is 4. The first kappa shape index (κ1) is 16.6. The Morgan fingerprint density at radius 1 is 1.18 bits per heavy atom. The normalized spacial score (nSPS) is 11.8. The number of Topliss-reactive ketones (excluding diaryl/α,β-unsaturated/α-hetero) is 1. The molecule has 0 spiro atoms. The molecule has 2 rings (SSSR count). The Morgan fingerprint density at radius 2 is 1.82 bits per heavy atom. The first-order valence-electron chi connectivity index (χ1n) is 6.34. The first-order chi connectivity index (χ1) is 10.4. The Hall–Kier alpha value is -1.72. The molecular weight excluding hydrogens is 375 g/mol. The van der Waals surface area contributed by atoms with Crippen LogP contribution in [-0.4, -0.2) is 17.9 Å². The quantitative estimate of drug-likeness (QED) is 0.567. The number of carbonyl (C=O) groups excluding carboxylic acids is 2. The molecule has 0 saturated heterocycles. The average Bonchev–Trinajstić information content (AvgIpc) is 2.47. The van der Waals surface area contributed by atoms with E-state index in [0.29, 0.717) is 5.56 Å². The topological polar surface area (TPSA) is 43.4 Å². The summed E-state index contributed by atoms with van der Waals surface area (Å²) in [5.41, 5.74) is 0.437. The molecule has 114 valence electrons. The fourth-order valence-corrected chi connectivity index (χ4v) is 2.29. The number of ketones is 1. The van der Waals surface area contributed by atoms with E-state index >= 15 is 0 Å². The van der Waals surface area contributed by atoms with Crippen LogP contribution in [0.2, 0.25) is 5.02 Å². The fraction of sp³-hybridized carbons (Fsp3) is 0.125. The van der Waals surface area contributed by atoms with Crippen LogP contribution in [0, 0.1) is 5.82 Å². The summed E-state index contributed by atoms with van der Waals surface area (Å²) in [6, 6.07) is 10.0. The smallest absolute Gasteiger partial charge is 0.340 e. The van der Waals surface area contributed by atoms with E-state index < -0.39 is 17.9 Å². The molecule has 0 aliphatic carbocycles. The lowest BCUT2D eigenvalue weighted by Crippen LogP contribution is -2.24. The molecule has 22 heavy (non-hydrogen) atoms. The predicted octanol–water partition coefficient (Wildman–Crippen LogP) is 4.67. The number of hydrogen-bond donors (Lipinski definition) is 0. The zero-order valence-electron chi connectivity index (χ0n) is 11.5. The van der Waals surface area contributed by atoms with Gasteiger partial charge < -0.3 is 4.74 Å². The summed E-state index contributed by atoms with van der Waals surface area (Å²) in [6.45, 7) is 1.47. The summed E-state index contributed by atoms with van der Waals surface area (Å²) in [5.74, 6) is -1.66. The van der Waals surface area contributed by atoms with Crippen LogP contribution in [0.4, 0.5) is 4.39 Å². The molecule has 2 aromatic rings. The van der Waals surface area contributed by atoms with Crippen LogP contribution in [0.1, 0.15) is 27.6 Å². The number of hydrogen-bond acceptors (Lipinski definition) is 3. The van der Waals surface area contributed by atoms with Crippen molar-refractivity contribution in [3.63, 3.8) is 0 Å². The van der Waals surface area contributed by atoms with E-state index in [1.165, 1.54) is 13.0 Å². The van der Waals surface area contributed by atoms with E-state index in [-0.39, 0.29) is 16.4 Å². The minimum Gasteiger partial charge on any atom is -0.451 e. The van der Waals surface area contributed by atoms with Crippen molar-refractivity contribution in [1.29, 1.82) is 0 Å². The van der Waals surface area contributed by atoms with Crippen LogP contribution < -0.4 is 0 Å². The molecule has 1 unspecified atom stereocenters. The van der Waals surface area contributed by atoms with Gasteiger partial charge in [-0.1, -0.05) is 39.7 Å². The molecule has 0 fully saturated rings. The second-order valence-electron chi connectivity index (χ2n) is 4.54. The molecule has 0 aliphatic rings. The summed E-state index contributed by atoms with van der Waals surface area (Å²) >= 11 is 9.07. The number of esters is 1. The van der Waals surface area contributed by atoms with E-state index in [1.807, 2.05) is 0 Å². The van der Waals surface area contributed by atoms with Gasteiger partial charge in [-0.05, 0) is 37.3 Å². The van der Waals surface area contributed by atoms with Crippen molar-refractivity contribution in [2.24, 2.45) is 0 Å². The molecule has 0 amide bonds. The predicted molar refractivity (Wildman–Crippen MR) is 84.8 cm³/mol. The minimum absolute atomic E-state index is 0.0125. The first-order valence-corrected chi connectivity index (χ1v) is 7.51. The summed E-state index contributed by atoms with van der Waals surface area (Å²) in [4.78, 5) is 24.2. The molecular formula is C16H11BrClFO3. The Labute approximate surface area is 140 Å². The Bertz CT molecular complexity index is 716. The second-order valence-corrected chi connectivity index (χ2v) is 5.87. The molecule has 0 saturated carbocycles. The van der Waals surface area contributed by atoms with Gasteiger partial charge in [0, 0.05) is 10.0 Å². The Balaban J connectivity index is 2.10. The lowest BCUT2D eigenvalue weighted by Gasteiger charge is -2.13. The van der Waals surface area contributed by atoms with Crippen molar-refractivity contribution in [2.45, 2.75) is 13.0 Å². The molecule has 0 radical (unpaired) electrons. The van der Waals surface area contributed by atoms with Crippen LogP contribution >= 0.6 is 27.5 Å². The van der Waals surface area contributed by atoms with Gasteiger partial charge in [0.05, 0.1) is 10.6 Å². The molecule has 0 heterocycles. The fourth-order valence-electron chi connectivity index (χ4n) is 1.78. The van der Waals surface area contributed by atoms with Gasteiger partial charge in [-0.25, -0.2) is 9.18 Å².